The highest BCUT2D eigenvalue weighted by Crippen LogP contribution is 2.26. The van der Waals surface area contributed by atoms with Crippen molar-refractivity contribution in [3.05, 3.63) is 0 Å². The molecule has 0 bridgehead atoms. The van der Waals surface area contributed by atoms with Crippen LogP contribution in [0.1, 0.15) is 32.1 Å². The van der Waals surface area contributed by atoms with Gasteiger partial charge in [0.25, 0.3) is 0 Å². The molecule has 2 fully saturated rings. The van der Waals surface area contributed by atoms with Gasteiger partial charge in [-0.15, -0.1) is 0 Å². The largest absolute Gasteiger partial charge is 0.344 e. The number of amides is 1. The second-order valence-electron chi connectivity index (χ2n) is 5.23. The van der Waals surface area contributed by atoms with Crippen molar-refractivity contribution in [2.24, 2.45) is 5.92 Å². The molecule has 1 N–H and O–H groups in total. The standard InChI is InChI=1S/C11H20N2O3S/c1-13-7-10(6-11(13)14)12-17(15,16)8-9-4-2-3-5-9/h9-10,12H,2-8H2,1H3. The minimum absolute atomic E-state index is 0.0126. The number of carbonyl (C=O) groups is 1. The van der Waals surface area contributed by atoms with Gasteiger partial charge in [0.15, 0.2) is 0 Å². The average Bonchev–Trinajstić information content (AvgIpc) is 2.77. The van der Waals surface area contributed by atoms with E-state index in [1.807, 2.05) is 0 Å². The van der Waals surface area contributed by atoms with E-state index in [0.717, 1.165) is 25.7 Å². The van der Waals surface area contributed by atoms with E-state index in [1.165, 1.54) is 0 Å². The SMILES string of the molecule is CN1CC(NS(=O)(=O)CC2CCCC2)CC1=O. The number of nitrogens with zero attached hydrogens (tertiary/aromatic N) is 1. The number of nitrogens with one attached hydrogen (secondary N) is 1. The Morgan fingerprint density at radius 3 is 2.53 bits per heavy atom. The van der Waals surface area contributed by atoms with E-state index in [4.69, 9.17) is 0 Å². The number of likely N-dealkylation sites (tertiary alicyclic amines) is 1. The lowest BCUT2D eigenvalue weighted by atomic mass is 10.1. The van der Waals surface area contributed by atoms with Crippen LogP contribution in [0, 0.1) is 5.92 Å². The van der Waals surface area contributed by atoms with Gasteiger partial charge in [-0.1, -0.05) is 12.8 Å². The van der Waals surface area contributed by atoms with Gasteiger partial charge in [0.2, 0.25) is 15.9 Å². The molecule has 17 heavy (non-hydrogen) atoms. The third-order valence-corrected chi connectivity index (χ3v) is 5.22. The van der Waals surface area contributed by atoms with Gasteiger partial charge in [-0.2, -0.15) is 0 Å². The lowest BCUT2D eigenvalue weighted by Gasteiger charge is -2.15. The summed E-state index contributed by atoms with van der Waals surface area (Å²) in [5.41, 5.74) is 0. The van der Waals surface area contributed by atoms with Crippen LogP contribution in [0.25, 0.3) is 0 Å². The number of hydrogen-bond acceptors (Lipinski definition) is 3. The van der Waals surface area contributed by atoms with Crippen LogP contribution < -0.4 is 4.72 Å². The highest BCUT2D eigenvalue weighted by atomic mass is 32.2. The zero-order valence-electron chi connectivity index (χ0n) is 10.2. The van der Waals surface area contributed by atoms with Crippen LogP contribution in [0.15, 0.2) is 0 Å². The number of rotatable bonds is 4. The number of likely N-dealkylation sites (N-methyl/N-ethyl adjacent to an activating group) is 1. The third kappa shape index (κ3) is 3.42. The van der Waals surface area contributed by atoms with Gasteiger partial charge in [-0.3, -0.25) is 4.79 Å². The molecule has 1 aliphatic carbocycles. The molecule has 98 valence electrons. The van der Waals surface area contributed by atoms with Crippen molar-refractivity contribution in [2.45, 2.75) is 38.1 Å². The van der Waals surface area contributed by atoms with Gasteiger partial charge >= 0.3 is 0 Å². The van der Waals surface area contributed by atoms with E-state index < -0.39 is 10.0 Å². The Morgan fingerprint density at radius 2 is 2.00 bits per heavy atom. The summed E-state index contributed by atoms with van der Waals surface area (Å²) < 4.78 is 26.5. The lowest BCUT2D eigenvalue weighted by Crippen LogP contribution is -2.39. The van der Waals surface area contributed by atoms with Gasteiger partial charge in [-0.25, -0.2) is 13.1 Å². The summed E-state index contributed by atoms with van der Waals surface area (Å²) in [5, 5.41) is 0. The number of hydrogen-bond donors (Lipinski definition) is 1. The number of sulfonamides is 1. The molecule has 6 heteroatoms. The second kappa shape index (κ2) is 4.94. The maximum absolute atomic E-state index is 11.9. The van der Waals surface area contributed by atoms with Crippen molar-refractivity contribution in [1.82, 2.24) is 9.62 Å². The summed E-state index contributed by atoms with van der Waals surface area (Å²) in [6, 6.07) is -0.237. The normalized spacial score (nSPS) is 27.0. The Labute approximate surface area is 103 Å². The highest BCUT2D eigenvalue weighted by molar-refractivity contribution is 7.89. The van der Waals surface area contributed by atoms with Crippen LogP contribution in [0.3, 0.4) is 0 Å². The maximum Gasteiger partial charge on any atom is 0.224 e. The predicted molar refractivity (Wildman–Crippen MR) is 64.9 cm³/mol. The van der Waals surface area contributed by atoms with Crippen LogP contribution in [0.5, 0.6) is 0 Å². The van der Waals surface area contributed by atoms with E-state index in [9.17, 15) is 13.2 Å². The fourth-order valence-corrected chi connectivity index (χ4v) is 4.45. The molecule has 0 spiro atoms. The summed E-state index contributed by atoms with van der Waals surface area (Å²) in [4.78, 5) is 12.9. The van der Waals surface area contributed by atoms with E-state index in [0.29, 0.717) is 18.9 Å². The first-order valence-corrected chi connectivity index (χ1v) is 7.85. The van der Waals surface area contributed by atoms with Crippen molar-refractivity contribution in [2.75, 3.05) is 19.3 Å². The molecule has 1 atom stereocenters. The molecule has 2 rings (SSSR count). The Morgan fingerprint density at radius 1 is 1.35 bits per heavy atom. The maximum atomic E-state index is 11.9. The quantitative estimate of drug-likeness (QED) is 0.792. The first-order valence-electron chi connectivity index (χ1n) is 6.20. The molecule has 0 radical (unpaired) electrons. The van der Waals surface area contributed by atoms with Gasteiger partial charge in [0, 0.05) is 26.1 Å². The first-order chi connectivity index (χ1) is 7.96. The number of carbonyl (C=O) groups excluding carboxylic acids is 1. The molecule has 1 aliphatic heterocycles. The van der Waals surface area contributed by atoms with Crippen molar-refractivity contribution in [3.63, 3.8) is 0 Å². The molecule has 1 saturated heterocycles. The average molecular weight is 260 g/mol. The van der Waals surface area contributed by atoms with Crippen molar-refractivity contribution in [3.8, 4) is 0 Å². The molecule has 5 nitrogen and oxygen atoms in total. The Hall–Kier alpha value is -0.620. The summed E-state index contributed by atoms with van der Waals surface area (Å²) in [6.45, 7) is 0.489. The highest BCUT2D eigenvalue weighted by Gasteiger charge is 2.31. The fraction of sp³-hybridized carbons (Fsp3) is 0.909. The first kappa shape index (κ1) is 12.8. The Bertz CT molecular complexity index is 388. The molecule has 1 heterocycles. The molecular weight excluding hydrogens is 240 g/mol. The van der Waals surface area contributed by atoms with Crippen LogP contribution in [0.2, 0.25) is 0 Å². The molecule has 0 aromatic heterocycles. The van der Waals surface area contributed by atoms with Crippen LogP contribution >= 0.6 is 0 Å². The molecule has 1 saturated carbocycles. The van der Waals surface area contributed by atoms with E-state index in [1.54, 1.807) is 11.9 Å². The summed E-state index contributed by atoms with van der Waals surface area (Å²) in [6.07, 6.45) is 4.62. The summed E-state index contributed by atoms with van der Waals surface area (Å²) >= 11 is 0. The van der Waals surface area contributed by atoms with Gasteiger partial charge < -0.3 is 4.90 Å². The Balaban J connectivity index is 1.86. The van der Waals surface area contributed by atoms with Gasteiger partial charge in [0.1, 0.15) is 0 Å². The van der Waals surface area contributed by atoms with Crippen molar-refractivity contribution in [1.29, 1.82) is 0 Å². The third-order valence-electron chi connectivity index (χ3n) is 3.62. The van der Waals surface area contributed by atoms with Crippen molar-refractivity contribution >= 4 is 15.9 Å². The molecule has 1 unspecified atom stereocenters. The monoisotopic (exact) mass is 260 g/mol. The van der Waals surface area contributed by atoms with Crippen LogP contribution in [-0.4, -0.2) is 44.6 Å². The minimum atomic E-state index is -3.22. The van der Waals surface area contributed by atoms with E-state index in [-0.39, 0.29) is 17.7 Å². The summed E-state index contributed by atoms with van der Waals surface area (Å²) in [7, 11) is -1.52. The zero-order valence-corrected chi connectivity index (χ0v) is 11.0. The molecular formula is C11H20N2O3S. The summed E-state index contributed by atoms with van der Waals surface area (Å²) in [5.74, 6) is 0.544. The molecule has 0 aromatic rings. The zero-order chi connectivity index (χ0) is 12.5. The predicted octanol–water partition coefficient (Wildman–Crippen LogP) is 0.327. The van der Waals surface area contributed by atoms with Crippen LogP contribution in [0.4, 0.5) is 0 Å². The van der Waals surface area contributed by atoms with Gasteiger partial charge in [-0.05, 0) is 18.8 Å². The fourth-order valence-electron chi connectivity index (χ4n) is 2.73. The smallest absolute Gasteiger partial charge is 0.224 e. The Kier molecular flexibility index (Phi) is 3.73. The topological polar surface area (TPSA) is 66.5 Å². The molecule has 0 aromatic carbocycles. The van der Waals surface area contributed by atoms with Crippen molar-refractivity contribution < 1.29 is 13.2 Å². The molecule has 2 aliphatic rings. The van der Waals surface area contributed by atoms with E-state index in [2.05, 4.69) is 4.72 Å². The minimum Gasteiger partial charge on any atom is -0.344 e. The lowest BCUT2D eigenvalue weighted by molar-refractivity contribution is -0.126. The van der Waals surface area contributed by atoms with E-state index >= 15 is 0 Å². The van der Waals surface area contributed by atoms with Gasteiger partial charge in [0.05, 0.1) is 5.75 Å². The van der Waals surface area contributed by atoms with Crippen LogP contribution in [-0.2, 0) is 14.8 Å². The second-order valence-corrected chi connectivity index (χ2v) is 7.02. The molecule has 1 amide bonds.